The minimum Gasteiger partial charge on any atom is -0.421 e. The molecule has 0 saturated carbocycles. The lowest BCUT2D eigenvalue weighted by Gasteiger charge is -2.16. The second kappa shape index (κ2) is 8.94. The lowest BCUT2D eigenvalue weighted by molar-refractivity contribution is -0.121. The topological polar surface area (TPSA) is 68.0 Å². The van der Waals surface area contributed by atoms with E-state index in [1.807, 2.05) is 48.5 Å². The van der Waals surface area contributed by atoms with Crippen LogP contribution in [-0.4, -0.2) is 22.6 Å². The molecule has 0 spiro atoms. The maximum Gasteiger partial charge on any atom is 0.247 e. The molecular formula is C21H23N3O2. The smallest absolute Gasteiger partial charge is 0.247 e. The molecule has 0 saturated heterocycles. The molecule has 0 radical (unpaired) electrons. The zero-order valence-corrected chi connectivity index (χ0v) is 14.9. The molecule has 1 aromatic heterocycles. The molecule has 5 heteroatoms. The molecule has 0 bridgehead atoms. The van der Waals surface area contributed by atoms with E-state index in [2.05, 4.69) is 34.6 Å². The number of hydrogen-bond donors (Lipinski definition) is 1. The van der Waals surface area contributed by atoms with Crippen LogP contribution in [0.2, 0.25) is 0 Å². The molecule has 5 nitrogen and oxygen atoms in total. The maximum absolute atomic E-state index is 12.1. The Morgan fingerprint density at radius 3 is 2.42 bits per heavy atom. The number of nitrogens with one attached hydrogen (secondary N) is 1. The first-order valence-corrected chi connectivity index (χ1v) is 8.95. The van der Waals surface area contributed by atoms with Crippen molar-refractivity contribution in [3.8, 4) is 11.5 Å². The Labute approximate surface area is 153 Å². The fourth-order valence-electron chi connectivity index (χ4n) is 2.82. The van der Waals surface area contributed by atoms with E-state index in [-0.39, 0.29) is 5.91 Å². The SMILES string of the molecule is CCC(CNC(=O)CCc1nnc(-c2ccccc2)o1)c1ccccc1. The van der Waals surface area contributed by atoms with Gasteiger partial charge in [0.05, 0.1) is 0 Å². The third-order valence-corrected chi connectivity index (χ3v) is 4.36. The van der Waals surface area contributed by atoms with E-state index in [1.54, 1.807) is 0 Å². The summed E-state index contributed by atoms with van der Waals surface area (Å²) in [5.74, 6) is 1.29. The summed E-state index contributed by atoms with van der Waals surface area (Å²) < 4.78 is 5.63. The zero-order chi connectivity index (χ0) is 18.2. The molecule has 1 heterocycles. The van der Waals surface area contributed by atoms with Gasteiger partial charge in [-0.2, -0.15) is 0 Å². The summed E-state index contributed by atoms with van der Waals surface area (Å²) in [4.78, 5) is 12.1. The minimum atomic E-state index is -0.00107. The van der Waals surface area contributed by atoms with Crippen LogP contribution in [0.15, 0.2) is 65.1 Å². The van der Waals surface area contributed by atoms with Gasteiger partial charge in [0, 0.05) is 30.9 Å². The van der Waals surface area contributed by atoms with Crippen molar-refractivity contribution in [1.82, 2.24) is 15.5 Å². The van der Waals surface area contributed by atoms with Crippen LogP contribution in [0.5, 0.6) is 0 Å². The highest BCUT2D eigenvalue weighted by Crippen LogP contribution is 2.19. The Bertz CT molecular complexity index is 816. The van der Waals surface area contributed by atoms with Crippen LogP contribution in [0.1, 0.15) is 37.1 Å². The lowest BCUT2D eigenvalue weighted by Crippen LogP contribution is -2.28. The summed E-state index contributed by atoms with van der Waals surface area (Å²) in [7, 11) is 0. The van der Waals surface area contributed by atoms with Crippen molar-refractivity contribution in [1.29, 1.82) is 0 Å². The molecule has 2 aromatic carbocycles. The number of benzene rings is 2. The number of carbonyl (C=O) groups excluding carboxylic acids is 1. The average molecular weight is 349 g/mol. The molecule has 134 valence electrons. The van der Waals surface area contributed by atoms with Gasteiger partial charge < -0.3 is 9.73 Å². The van der Waals surface area contributed by atoms with Crippen molar-refractivity contribution in [2.24, 2.45) is 0 Å². The molecule has 1 atom stereocenters. The van der Waals surface area contributed by atoms with Crippen molar-refractivity contribution in [3.05, 3.63) is 72.1 Å². The molecule has 1 amide bonds. The Morgan fingerprint density at radius 2 is 1.73 bits per heavy atom. The van der Waals surface area contributed by atoms with Gasteiger partial charge in [-0.1, -0.05) is 55.5 Å². The standard InChI is InChI=1S/C21H23N3O2/c1-2-16(17-9-5-3-6-10-17)15-22-19(25)13-14-20-23-24-21(26-20)18-11-7-4-8-12-18/h3-12,16H,2,13-15H2,1H3,(H,22,25). The van der Waals surface area contributed by atoms with E-state index in [0.29, 0.717) is 37.1 Å². The van der Waals surface area contributed by atoms with Crippen molar-refractivity contribution >= 4 is 5.91 Å². The van der Waals surface area contributed by atoms with Gasteiger partial charge in [-0.25, -0.2) is 0 Å². The van der Waals surface area contributed by atoms with Crippen LogP contribution < -0.4 is 5.32 Å². The lowest BCUT2D eigenvalue weighted by atomic mass is 9.96. The number of aryl methyl sites for hydroxylation is 1. The van der Waals surface area contributed by atoms with Gasteiger partial charge in [0.2, 0.25) is 17.7 Å². The van der Waals surface area contributed by atoms with E-state index < -0.39 is 0 Å². The van der Waals surface area contributed by atoms with Crippen LogP contribution in [-0.2, 0) is 11.2 Å². The highest BCUT2D eigenvalue weighted by molar-refractivity contribution is 5.76. The molecule has 0 aliphatic heterocycles. The van der Waals surface area contributed by atoms with E-state index >= 15 is 0 Å². The van der Waals surface area contributed by atoms with Crippen molar-refractivity contribution in [3.63, 3.8) is 0 Å². The van der Waals surface area contributed by atoms with Crippen LogP contribution in [0.3, 0.4) is 0 Å². The Kier molecular flexibility index (Phi) is 6.14. The van der Waals surface area contributed by atoms with Crippen molar-refractivity contribution < 1.29 is 9.21 Å². The Hall–Kier alpha value is -2.95. The van der Waals surface area contributed by atoms with E-state index in [0.717, 1.165) is 12.0 Å². The summed E-state index contributed by atoms with van der Waals surface area (Å²) in [6, 6.07) is 19.9. The first-order chi connectivity index (χ1) is 12.8. The number of hydrogen-bond acceptors (Lipinski definition) is 4. The minimum absolute atomic E-state index is 0.00107. The predicted octanol–water partition coefficient (Wildman–Crippen LogP) is 3.98. The van der Waals surface area contributed by atoms with Gasteiger partial charge >= 0.3 is 0 Å². The second-order valence-electron chi connectivity index (χ2n) is 6.19. The molecule has 0 aliphatic rings. The van der Waals surface area contributed by atoms with Gasteiger partial charge in [-0.15, -0.1) is 10.2 Å². The summed E-state index contributed by atoms with van der Waals surface area (Å²) in [5, 5.41) is 11.1. The molecule has 0 fully saturated rings. The largest absolute Gasteiger partial charge is 0.421 e. The predicted molar refractivity (Wildman–Crippen MR) is 101 cm³/mol. The number of amides is 1. The quantitative estimate of drug-likeness (QED) is 0.668. The van der Waals surface area contributed by atoms with Crippen LogP contribution in [0.4, 0.5) is 0 Å². The summed E-state index contributed by atoms with van der Waals surface area (Å²) >= 11 is 0. The summed E-state index contributed by atoms with van der Waals surface area (Å²) in [6.45, 7) is 2.77. The van der Waals surface area contributed by atoms with Crippen LogP contribution in [0.25, 0.3) is 11.5 Å². The van der Waals surface area contributed by atoms with Crippen molar-refractivity contribution in [2.75, 3.05) is 6.54 Å². The van der Waals surface area contributed by atoms with Gasteiger partial charge in [-0.3, -0.25) is 4.79 Å². The van der Waals surface area contributed by atoms with Crippen LogP contribution >= 0.6 is 0 Å². The summed E-state index contributed by atoms with van der Waals surface area (Å²) in [6.07, 6.45) is 1.75. The van der Waals surface area contributed by atoms with Crippen molar-refractivity contribution in [2.45, 2.75) is 32.1 Å². The van der Waals surface area contributed by atoms with Crippen LogP contribution in [0, 0.1) is 0 Å². The molecule has 1 unspecified atom stereocenters. The Morgan fingerprint density at radius 1 is 1.04 bits per heavy atom. The van der Waals surface area contributed by atoms with Gasteiger partial charge in [0.15, 0.2) is 0 Å². The van der Waals surface area contributed by atoms with E-state index in [9.17, 15) is 4.79 Å². The third-order valence-electron chi connectivity index (χ3n) is 4.36. The second-order valence-corrected chi connectivity index (χ2v) is 6.19. The molecule has 3 rings (SSSR count). The molecule has 26 heavy (non-hydrogen) atoms. The first kappa shape index (κ1) is 17.9. The normalized spacial score (nSPS) is 11.9. The van der Waals surface area contributed by atoms with Gasteiger partial charge in [0.1, 0.15) is 0 Å². The van der Waals surface area contributed by atoms with E-state index in [1.165, 1.54) is 5.56 Å². The van der Waals surface area contributed by atoms with Gasteiger partial charge in [-0.05, 0) is 24.1 Å². The highest BCUT2D eigenvalue weighted by atomic mass is 16.4. The number of aromatic nitrogens is 2. The zero-order valence-electron chi connectivity index (χ0n) is 14.9. The number of carbonyl (C=O) groups is 1. The molecule has 1 N–H and O–H groups in total. The highest BCUT2D eigenvalue weighted by Gasteiger charge is 2.13. The van der Waals surface area contributed by atoms with Gasteiger partial charge in [0.25, 0.3) is 0 Å². The third kappa shape index (κ3) is 4.79. The first-order valence-electron chi connectivity index (χ1n) is 8.95. The molecular weight excluding hydrogens is 326 g/mol. The molecule has 0 aliphatic carbocycles. The number of nitrogens with zero attached hydrogens (tertiary/aromatic N) is 2. The fraction of sp³-hybridized carbons (Fsp3) is 0.286. The maximum atomic E-state index is 12.1. The van der Waals surface area contributed by atoms with E-state index in [4.69, 9.17) is 4.42 Å². The Balaban J connectivity index is 1.48. The summed E-state index contributed by atoms with van der Waals surface area (Å²) in [5.41, 5.74) is 2.13. The average Bonchev–Trinajstić information content (AvgIpc) is 3.17. The molecule has 3 aromatic rings. The fourth-order valence-corrected chi connectivity index (χ4v) is 2.82. The number of rotatable bonds is 8. The monoisotopic (exact) mass is 349 g/mol.